The van der Waals surface area contributed by atoms with E-state index in [-0.39, 0.29) is 11.5 Å². The average Bonchev–Trinajstić information content (AvgIpc) is 2.78. The molecule has 0 saturated carbocycles. The van der Waals surface area contributed by atoms with Gasteiger partial charge in [0.05, 0.1) is 0 Å². The summed E-state index contributed by atoms with van der Waals surface area (Å²) in [7, 11) is 0. The fourth-order valence-electron chi connectivity index (χ4n) is 2.85. The molecule has 0 aliphatic carbocycles. The van der Waals surface area contributed by atoms with E-state index in [1.54, 1.807) is 41.9 Å². The van der Waals surface area contributed by atoms with E-state index >= 15 is 0 Å². The second kappa shape index (κ2) is 9.49. The fraction of sp³-hybridized carbons (Fsp3) is 0.0870. The summed E-state index contributed by atoms with van der Waals surface area (Å²) in [6, 6.07) is 21.1. The van der Waals surface area contributed by atoms with Gasteiger partial charge in [-0.15, -0.1) is 0 Å². The molecular weight excluding hydrogens is 382 g/mol. The summed E-state index contributed by atoms with van der Waals surface area (Å²) in [6.07, 6.45) is 0. The lowest BCUT2D eigenvalue weighted by Gasteiger charge is -2.19. The highest BCUT2D eigenvalue weighted by atomic mass is 16.5. The molecule has 0 fully saturated rings. The molecule has 152 valence electrons. The molecule has 3 amide bonds. The first-order valence-electron chi connectivity index (χ1n) is 9.26. The predicted molar refractivity (Wildman–Crippen MR) is 112 cm³/mol. The maximum atomic E-state index is 13.0. The molecule has 3 aromatic carbocycles. The number of rotatable bonds is 6. The zero-order valence-electron chi connectivity index (χ0n) is 16.3. The van der Waals surface area contributed by atoms with E-state index in [4.69, 9.17) is 5.21 Å². The van der Waals surface area contributed by atoms with Crippen LogP contribution in [0.5, 0.6) is 0 Å². The van der Waals surface area contributed by atoms with Gasteiger partial charge in [0.15, 0.2) is 0 Å². The fourth-order valence-corrected chi connectivity index (χ4v) is 2.85. The topological polar surface area (TPSA) is 108 Å². The summed E-state index contributed by atoms with van der Waals surface area (Å²) in [6.45, 7) is 1.93. The Labute approximate surface area is 173 Å². The van der Waals surface area contributed by atoms with Crippen molar-refractivity contribution in [2.75, 3.05) is 5.32 Å². The summed E-state index contributed by atoms with van der Waals surface area (Å²) in [5.41, 5.74) is 4.34. The van der Waals surface area contributed by atoms with Gasteiger partial charge in [0.2, 0.25) is 0 Å². The van der Waals surface area contributed by atoms with Crippen LogP contribution in [0, 0.1) is 6.92 Å². The lowest BCUT2D eigenvalue weighted by Crippen LogP contribution is -2.37. The molecule has 3 rings (SSSR count). The minimum absolute atomic E-state index is 0.239. The van der Waals surface area contributed by atoms with Crippen molar-refractivity contribution in [1.82, 2.24) is 10.8 Å². The molecule has 0 aliphatic heterocycles. The predicted octanol–water partition coefficient (Wildman–Crippen LogP) is 3.22. The first-order valence-corrected chi connectivity index (χ1v) is 9.26. The summed E-state index contributed by atoms with van der Waals surface area (Å²) < 4.78 is 0. The standard InChI is InChI=1S/C23H21N3O4/c1-15-7-9-17(10-8-15)21(27)25-20(16-5-3-2-4-6-16)23(29)24-19-13-11-18(12-14-19)22(28)26-30/h2-14,20,30H,1H3,(H,24,29)(H,25,27)(H,26,28)/t20-/m0/s1. The third-order valence-electron chi connectivity index (χ3n) is 4.50. The zero-order valence-corrected chi connectivity index (χ0v) is 16.3. The number of anilines is 1. The van der Waals surface area contributed by atoms with E-state index < -0.39 is 17.9 Å². The van der Waals surface area contributed by atoms with Crippen LogP contribution >= 0.6 is 0 Å². The van der Waals surface area contributed by atoms with Crippen molar-refractivity contribution >= 4 is 23.4 Å². The van der Waals surface area contributed by atoms with Gasteiger partial charge in [-0.25, -0.2) is 5.48 Å². The minimum Gasteiger partial charge on any atom is -0.336 e. The van der Waals surface area contributed by atoms with Gasteiger partial charge in [-0.1, -0.05) is 48.0 Å². The Bertz CT molecular complexity index is 1030. The van der Waals surface area contributed by atoms with E-state index in [0.29, 0.717) is 16.8 Å². The molecule has 0 aliphatic rings. The Balaban J connectivity index is 1.79. The molecule has 0 saturated heterocycles. The number of carbonyl (C=O) groups is 3. The van der Waals surface area contributed by atoms with E-state index in [1.807, 2.05) is 25.1 Å². The average molecular weight is 403 g/mol. The molecule has 7 heteroatoms. The second-order valence-electron chi connectivity index (χ2n) is 6.69. The molecule has 3 aromatic rings. The van der Waals surface area contributed by atoms with Crippen LogP contribution in [0.2, 0.25) is 0 Å². The second-order valence-corrected chi connectivity index (χ2v) is 6.69. The summed E-state index contributed by atoms with van der Waals surface area (Å²) >= 11 is 0. The van der Waals surface area contributed by atoms with Crippen LogP contribution in [-0.4, -0.2) is 22.9 Å². The number of hydrogen-bond donors (Lipinski definition) is 4. The summed E-state index contributed by atoms with van der Waals surface area (Å²) in [4.78, 5) is 37.1. The summed E-state index contributed by atoms with van der Waals surface area (Å²) in [5, 5.41) is 14.2. The van der Waals surface area contributed by atoms with Crippen molar-refractivity contribution in [2.45, 2.75) is 13.0 Å². The molecule has 0 unspecified atom stereocenters. The van der Waals surface area contributed by atoms with Gasteiger partial charge in [0, 0.05) is 16.8 Å². The van der Waals surface area contributed by atoms with Gasteiger partial charge in [-0.05, 0) is 48.9 Å². The SMILES string of the molecule is Cc1ccc(C(=O)N[C@H](C(=O)Nc2ccc(C(=O)NO)cc2)c2ccccc2)cc1. The summed E-state index contributed by atoms with van der Waals surface area (Å²) in [5.74, 6) is -1.45. The van der Waals surface area contributed by atoms with Crippen molar-refractivity contribution in [1.29, 1.82) is 0 Å². The maximum absolute atomic E-state index is 13.0. The number of carbonyl (C=O) groups excluding carboxylic acids is 3. The van der Waals surface area contributed by atoms with E-state index in [9.17, 15) is 14.4 Å². The molecule has 1 atom stereocenters. The molecule has 0 bridgehead atoms. The Morgan fingerprint density at radius 2 is 1.33 bits per heavy atom. The molecule has 0 aromatic heterocycles. The lowest BCUT2D eigenvalue weighted by molar-refractivity contribution is -0.118. The lowest BCUT2D eigenvalue weighted by atomic mass is 10.0. The number of benzene rings is 3. The highest BCUT2D eigenvalue weighted by molar-refractivity contribution is 6.02. The molecule has 0 radical (unpaired) electrons. The first-order chi connectivity index (χ1) is 14.5. The molecule has 4 N–H and O–H groups in total. The maximum Gasteiger partial charge on any atom is 0.274 e. The highest BCUT2D eigenvalue weighted by Crippen LogP contribution is 2.18. The van der Waals surface area contributed by atoms with Gasteiger partial charge >= 0.3 is 0 Å². The number of nitrogens with one attached hydrogen (secondary N) is 3. The molecule has 7 nitrogen and oxygen atoms in total. The van der Waals surface area contributed by atoms with Crippen molar-refractivity contribution in [2.24, 2.45) is 0 Å². The third kappa shape index (κ3) is 5.09. The van der Waals surface area contributed by atoms with Crippen molar-refractivity contribution in [3.63, 3.8) is 0 Å². The first kappa shape index (κ1) is 20.8. The smallest absolute Gasteiger partial charge is 0.274 e. The van der Waals surface area contributed by atoms with Gasteiger partial charge in [-0.2, -0.15) is 0 Å². The van der Waals surface area contributed by atoms with Crippen LogP contribution < -0.4 is 16.1 Å². The number of aryl methyl sites for hydroxylation is 1. The highest BCUT2D eigenvalue weighted by Gasteiger charge is 2.23. The molecule has 0 spiro atoms. The van der Waals surface area contributed by atoms with Gasteiger partial charge in [-0.3, -0.25) is 19.6 Å². The van der Waals surface area contributed by atoms with Crippen LogP contribution in [0.1, 0.15) is 37.9 Å². The normalized spacial score (nSPS) is 11.3. The molecule has 0 heterocycles. The molecule has 30 heavy (non-hydrogen) atoms. The van der Waals surface area contributed by atoms with E-state index in [2.05, 4.69) is 10.6 Å². The quantitative estimate of drug-likeness (QED) is 0.374. The zero-order chi connectivity index (χ0) is 21.5. The van der Waals surface area contributed by atoms with E-state index in [0.717, 1.165) is 5.56 Å². The Kier molecular flexibility index (Phi) is 6.56. The van der Waals surface area contributed by atoms with Crippen LogP contribution in [0.15, 0.2) is 78.9 Å². The Hall–Kier alpha value is -3.97. The van der Waals surface area contributed by atoms with Crippen LogP contribution in [0.4, 0.5) is 5.69 Å². The van der Waals surface area contributed by atoms with Crippen LogP contribution in [0.3, 0.4) is 0 Å². The number of hydrogen-bond acceptors (Lipinski definition) is 4. The largest absolute Gasteiger partial charge is 0.336 e. The Morgan fingerprint density at radius 3 is 1.93 bits per heavy atom. The van der Waals surface area contributed by atoms with Crippen molar-refractivity contribution in [3.8, 4) is 0 Å². The van der Waals surface area contributed by atoms with Crippen LogP contribution in [0.25, 0.3) is 0 Å². The van der Waals surface area contributed by atoms with Crippen molar-refractivity contribution in [3.05, 3.63) is 101 Å². The van der Waals surface area contributed by atoms with Gasteiger partial charge in [0.1, 0.15) is 6.04 Å². The molecular formula is C23H21N3O4. The van der Waals surface area contributed by atoms with Gasteiger partial charge in [0.25, 0.3) is 17.7 Å². The monoisotopic (exact) mass is 403 g/mol. The van der Waals surface area contributed by atoms with Crippen molar-refractivity contribution < 1.29 is 19.6 Å². The van der Waals surface area contributed by atoms with E-state index in [1.165, 1.54) is 24.3 Å². The Morgan fingerprint density at radius 1 is 0.767 bits per heavy atom. The number of hydroxylamine groups is 1. The van der Waals surface area contributed by atoms with Gasteiger partial charge < -0.3 is 10.6 Å². The number of amides is 3. The minimum atomic E-state index is -0.916. The van der Waals surface area contributed by atoms with Crippen LogP contribution in [-0.2, 0) is 4.79 Å². The third-order valence-corrected chi connectivity index (χ3v) is 4.50.